The first-order valence-corrected chi connectivity index (χ1v) is 4.45. The maximum atomic E-state index is 5.64. The van der Waals surface area contributed by atoms with E-state index in [1.54, 1.807) is 0 Å². The molecule has 1 aromatic heterocycles. The summed E-state index contributed by atoms with van der Waals surface area (Å²) in [5, 5.41) is 0. The van der Waals surface area contributed by atoms with Crippen molar-refractivity contribution in [2.24, 2.45) is 5.73 Å². The number of hydrogen-bond acceptors (Lipinski definition) is 3. The summed E-state index contributed by atoms with van der Waals surface area (Å²) in [5.74, 6) is 1.18. The van der Waals surface area contributed by atoms with E-state index in [-0.39, 0.29) is 0 Å². The van der Waals surface area contributed by atoms with Gasteiger partial charge in [0.25, 0.3) is 0 Å². The van der Waals surface area contributed by atoms with Crippen LogP contribution in [0.4, 0.5) is 5.88 Å². The number of nitrogen functional groups attached to an aromatic ring is 1. The largest absolute Gasteiger partial charge is 0.441 e. The van der Waals surface area contributed by atoms with Crippen LogP contribution in [0.1, 0.15) is 5.56 Å². The van der Waals surface area contributed by atoms with Gasteiger partial charge in [-0.1, -0.05) is 30.3 Å². The standard InChI is InChI=1S/C11H12N2O/c12-7-9-6-10(14-11(9)13)8-4-2-1-3-5-8/h1-6H,7,12-13H2. The lowest BCUT2D eigenvalue weighted by molar-refractivity contribution is 0.600. The summed E-state index contributed by atoms with van der Waals surface area (Å²) in [4.78, 5) is 0. The molecule has 3 nitrogen and oxygen atoms in total. The van der Waals surface area contributed by atoms with Gasteiger partial charge < -0.3 is 15.9 Å². The molecule has 14 heavy (non-hydrogen) atoms. The molecule has 2 aromatic rings. The minimum Gasteiger partial charge on any atom is -0.441 e. The van der Waals surface area contributed by atoms with Crippen molar-refractivity contribution in [3.05, 3.63) is 42.0 Å². The van der Waals surface area contributed by atoms with Crippen molar-refractivity contribution in [3.63, 3.8) is 0 Å². The molecule has 1 heterocycles. The quantitative estimate of drug-likeness (QED) is 0.757. The highest BCUT2D eigenvalue weighted by Crippen LogP contribution is 2.26. The molecule has 0 radical (unpaired) electrons. The fourth-order valence-electron chi connectivity index (χ4n) is 1.35. The Labute approximate surface area is 82.3 Å². The minimum absolute atomic E-state index is 0.405. The van der Waals surface area contributed by atoms with E-state index < -0.39 is 0 Å². The molecule has 0 bridgehead atoms. The number of hydrogen-bond donors (Lipinski definition) is 2. The molecule has 0 aliphatic rings. The van der Waals surface area contributed by atoms with Gasteiger partial charge in [0.1, 0.15) is 5.76 Å². The van der Waals surface area contributed by atoms with Crippen LogP contribution < -0.4 is 11.5 Å². The lowest BCUT2D eigenvalue weighted by Gasteiger charge is -1.93. The van der Waals surface area contributed by atoms with E-state index in [1.165, 1.54) is 0 Å². The maximum Gasteiger partial charge on any atom is 0.195 e. The Morgan fingerprint density at radius 1 is 1.14 bits per heavy atom. The second-order valence-corrected chi connectivity index (χ2v) is 3.07. The summed E-state index contributed by atoms with van der Waals surface area (Å²) in [6.45, 7) is 0.405. The molecule has 2 rings (SSSR count). The van der Waals surface area contributed by atoms with Crippen LogP contribution in [0.2, 0.25) is 0 Å². The second kappa shape index (κ2) is 3.55. The fraction of sp³-hybridized carbons (Fsp3) is 0.0909. The van der Waals surface area contributed by atoms with Crippen molar-refractivity contribution in [3.8, 4) is 11.3 Å². The van der Waals surface area contributed by atoms with Crippen molar-refractivity contribution >= 4 is 5.88 Å². The van der Waals surface area contributed by atoms with Gasteiger partial charge in [-0.2, -0.15) is 0 Å². The first-order valence-electron chi connectivity index (χ1n) is 4.45. The molecule has 0 saturated carbocycles. The third kappa shape index (κ3) is 1.49. The minimum atomic E-state index is 0.405. The average molecular weight is 188 g/mol. The zero-order valence-electron chi connectivity index (χ0n) is 7.73. The Bertz CT molecular complexity index is 420. The monoisotopic (exact) mass is 188 g/mol. The van der Waals surface area contributed by atoms with Crippen molar-refractivity contribution in [1.82, 2.24) is 0 Å². The number of rotatable bonds is 2. The molecule has 0 amide bonds. The van der Waals surface area contributed by atoms with Crippen molar-refractivity contribution < 1.29 is 4.42 Å². The Hall–Kier alpha value is -1.74. The molecule has 3 heteroatoms. The number of nitrogens with two attached hydrogens (primary N) is 2. The summed E-state index contributed by atoms with van der Waals surface area (Å²) in [6.07, 6.45) is 0. The number of furan rings is 1. The van der Waals surface area contributed by atoms with Crippen LogP contribution in [0.5, 0.6) is 0 Å². The molecule has 0 fully saturated rings. The molecule has 0 aliphatic heterocycles. The van der Waals surface area contributed by atoms with E-state index in [1.807, 2.05) is 36.4 Å². The van der Waals surface area contributed by atoms with Crippen LogP contribution in [0, 0.1) is 0 Å². The first-order chi connectivity index (χ1) is 6.81. The molecule has 0 saturated heterocycles. The zero-order valence-corrected chi connectivity index (χ0v) is 7.73. The van der Waals surface area contributed by atoms with E-state index in [2.05, 4.69) is 0 Å². The Kier molecular flexibility index (Phi) is 2.24. The molecule has 72 valence electrons. The Morgan fingerprint density at radius 3 is 2.43 bits per heavy atom. The van der Waals surface area contributed by atoms with Crippen LogP contribution in [0.3, 0.4) is 0 Å². The molecule has 4 N–H and O–H groups in total. The summed E-state index contributed by atoms with van der Waals surface area (Å²) < 4.78 is 5.39. The highest BCUT2D eigenvalue weighted by Gasteiger charge is 2.07. The van der Waals surface area contributed by atoms with Gasteiger partial charge in [-0.3, -0.25) is 0 Å². The van der Waals surface area contributed by atoms with E-state index in [0.29, 0.717) is 12.4 Å². The van der Waals surface area contributed by atoms with Crippen LogP contribution in [-0.4, -0.2) is 0 Å². The maximum absolute atomic E-state index is 5.64. The van der Waals surface area contributed by atoms with Crippen LogP contribution in [0.15, 0.2) is 40.8 Å². The number of benzene rings is 1. The smallest absolute Gasteiger partial charge is 0.195 e. The van der Waals surface area contributed by atoms with Gasteiger partial charge >= 0.3 is 0 Å². The highest BCUT2D eigenvalue weighted by molar-refractivity contribution is 5.61. The van der Waals surface area contributed by atoms with Crippen LogP contribution >= 0.6 is 0 Å². The van der Waals surface area contributed by atoms with Crippen molar-refractivity contribution in [2.45, 2.75) is 6.54 Å². The molecule has 0 aliphatic carbocycles. The zero-order chi connectivity index (χ0) is 9.97. The molecule has 1 aromatic carbocycles. The van der Waals surface area contributed by atoms with Gasteiger partial charge in [-0.05, 0) is 6.07 Å². The van der Waals surface area contributed by atoms with Gasteiger partial charge in [0.05, 0.1) is 0 Å². The normalized spacial score (nSPS) is 10.4. The lowest BCUT2D eigenvalue weighted by Crippen LogP contribution is -1.97. The van der Waals surface area contributed by atoms with E-state index >= 15 is 0 Å². The van der Waals surface area contributed by atoms with Crippen LogP contribution in [-0.2, 0) is 6.54 Å². The highest BCUT2D eigenvalue weighted by atomic mass is 16.4. The molecular weight excluding hydrogens is 176 g/mol. The summed E-state index contributed by atoms with van der Waals surface area (Å²) in [5.41, 5.74) is 13.0. The van der Waals surface area contributed by atoms with Crippen LogP contribution in [0.25, 0.3) is 11.3 Å². The van der Waals surface area contributed by atoms with Gasteiger partial charge in [0, 0.05) is 17.7 Å². The average Bonchev–Trinajstić information content (AvgIpc) is 2.61. The molecular formula is C11H12N2O. The van der Waals surface area contributed by atoms with E-state index in [0.717, 1.165) is 16.9 Å². The first kappa shape index (κ1) is 8.84. The predicted octanol–water partition coefficient (Wildman–Crippen LogP) is 1.99. The fourth-order valence-corrected chi connectivity index (χ4v) is 1.35. The third-order valence-corrected chi connectivity index (χ3v) is 2.12. The Balaban J connectivity index is 2.43. The van der Waals surface area contributed by atoms with Gasteiger partial charge in [0.15, 0.2) is 5.88 Å². The van der Waals surface area contributed by atoms with E-state index in [9.17, 15) is 0 Å². The van der Waals surface area contributed by atoms with E-state index in [4.69, 9.17) is 15.9 Å². The van der Waals surface area contributed by atoms with Gasteiger partial charge in [-0.15, -0.1) is 0 Å². The molecule has 0 unspecified atom stereocenters. The van der Waals surface area contributed by atoms with Gasteiger partial charge in [-0.25, -0.2) is 0 Å². The third-order valence-electron chi connectivity index (χ3n) is 2.12. The summed E-state index contributed by atoms with van der Waals surface area (Å²) in [7, 11) is 0. The van der Waals surface area contributed by atoms with Gasteiger partial charge in [0.2, 0.25) is 0 Å². The Morgan fingerprint density at radius 2 is 1.86 bits per heavy atom. The van der Waals surface area contributed by atoms with Crippen molar-refractivity contribution in [2.75, 3.05) is 5.73 Å². The summed E-state index contributed by atoms with van der Waals surface area (Å²) >= 11 is 0. The van der Waals surface area contributed by atoms with Crippen molar-refractivity contribution in [1.29, 1.82) is 0 Å². The topological polar surface area (TPSA) is 65.2 Å². The second-order valence-electron chi connectivity index (χ2n) is 3.07. The summed E-state index contributed by atoms with van der Waals surface area (Å²) in [6, 6.07) is 11.7. The lowest BCUT2D eigenvalue weighted by atomic mass is 10.1. The SMILES string of the molecule is NCc1cc(-c2ccccc2)oc1N. The predicted molar refractivity (Wildman–Crippen MR) is 56.4 cm³/mol. The molecule has 0 atom stereocenters. The number of anilines is 1. The molecule has 0 spiro atoms.